The lowest BCUT2D eigenvalue weighted by molar-refractivity contribution is 0.0663. The molecule has 1 aromatic heterocycles. The molecule has 28 heavy (non-hydrogen) atoms. The Labute approximate surface area is 174 Å². The third-order valence-electron chi connectivity index (χ3n) is 5.32. The quantitative estimate of drug-likeness (QED) is 0.568. The van der Waals surface area contributed by atoms with Gasteiger partial charge in [-0.3, -0.25) is 4.79 Å². The number of fused-ring (bicyclic) bond motifs is 1. The molecular weight excluding hydrogens is 386 g/mol. The Balaban J connectivity index is 1.34. The molecule has 0 N–H and O–H groups in total. The van der Waals surface area contributed by atoms with Crippen LogP contribution in [0.1, 0.15) is 28.8 Å². The molecule has 1 amide bonds. The summed E-state index contributed by atoms with van der Waals surface area (Å²) >= 11 is 3.48. The van der Waals surface area contributed by atoms with Crippen molar-refractivity contribution in [2.45, 2.75) is 29.0 Å². The molecule has 0 radical (unpaired) electrons. The van der Waals surface area contributed by atoms with Gasteiger partial charge in [0.25, 0.3) is 5.91 Å². The molecule has 0 saturated carbocycles. The van der Waals surface area contributed by atoms with Gasteiger partial charge in [-0.1, -0.05) is 36.0 Å². The highest BCUT2D eigenvalue weighted by atomic mass is 32.2. The zero-order valence-corrected chi connectivity index (χ0v) is 17.9. The lowest BCUT2D eigenvalue weighted by Gasteiger charge is -2.35. The van der Waals surface area contributed by atoms with Crippen LogP contribution >= 0.6 is 23.1 Å². The highest BCUT2D eigenvalue weighted by molar-refractivity contribution is 8.00. The molecule has 1 fully saturated rings. The number of nitrogens with zero attached hydrogens (tertiary/aromatic N) is 3. The smallest absolute Gasteiger partial charge is 0.253 e. The van der Waals surface area contributed by atoms with Crippen molar-refractivity contribution in [2.24, 2.45) is 0 Å². The number of carbonyl (C=O) groups is 1. The van der Waals surface area contributed by atoms with E-state index in [2.05, 4.69) is 48.2 Å². The first-order valence-electron chi connectivity index (χ1n) is 9.63. The largest absolute Gasteiger partial charge is 0.339 e. The van der Waals surface area contributed by atoms with Crippen molar-refractivity contribution in [3.8, 4) is 0 Å². The first kappa shape index (κ1) is 19.4. The summed E-state index contributed by atoms with van der Waals surface area (Å²) in [7, 11) is 4.24. The van der Waals surface area contributed by atoms with Crippen LogP contribution in [-0.4, -0.2) is 53.9 Å². The molecule has 0 aliphatic carbocycles. The molecule has 0 unspecified atom stereocenters. The van der Waals surface area contributed by atoms with Crippen LogP contribution in [0.3, 0.4) is 0 Å². The zero-order chi connectivity index (χ0) is 19.5. The molecule has 0 bridgehead atoms. The lowest BCUT2D eigenvalue weighted by atomic mass is 10.0. The molecule has 2 aromatic carbocycles. The summed E-state index contributed by atoms with van der Waals surface area (Å²) < 4.78 is 2.31. The fraction of sp³-hybridized carbons (Fsp3) is 0.364. The fourth-order valence-corrected chi connectivity index (χ4v) is 5.59. The number of benzene rings is 2. The highest BCUT2D eigenvalue weighted by Gasteiger charge is 2.24. The van der Waals surface area contributed by atoms with Crippen LogP contribution in [0.25, 0.3) is 10.2 Å². The van der Waals surface area contributed by atoms with Gasteiger partial charge in [0, 0.05) is 30.4 Å². The van der Waals surface area contributed by atoms with Gasteiger partial charge in [-0.2, -0.15) is 0 Å². The maximum atomic E-state index is 12.8. The van der Waals surface area contributed by atoms with E-state index >= 15 is 0 Å². The van der Waals surface area contributed by atoms with Gasteiger partial charge in [-0.15, -0.1) is 11.3 Å². The Morgan fingerprint density at radius 3 is 2.54 bits per heavy atom. The monoisotopic (exact) mass is 411 g/mol. The number of hydrogen-bond donors (Lipinski definition) is 0. The van der Waals surface area contributed by atoms with Crippen molar-refractivity contribution >= 4 is 39.2 Å². The molecule has 6 heteroatoms. The highest BCUT2D eigenvalue weighted by Crippen LogP contribution is 2.31. The average Bonchev–Trinajstić information content (AvgIpc) is 3.15. The molecule has 4 rings (SSSR count). The predicted molar refractivity (Wildman–Crippen MR) is 118 cm³/mol. The third kappa shape index (κ3) is 4.40. The van der Waals surface area contributed by atoms with Crippen molar-refractivity contribution in [3.05, 3.63) is 59.7 Å². The van der Waals surface area contributed by atoms with E-state index in [-0.39, 0.29) is 5.91 Å². The summed E-state index contributed by atoms with van der Waals surface area (Å²) in [6, 6.07) is 16.9. The van der Waals surface area contributed by atoms with Gasteiger partial charge in [0.15, 0.2) is 4.34 Å². The molecule has 2 heterocycles. The SMILES string of the molecule is CN(C)C1CCN(C(=O)c2ccc(CSc3nc4ccccc4s3)cc2)CC1. The second kappa shape index (κ2) is 8.64. The summed E-state index contributed by atoms with van der Waals surface area (Å²) in [6.07, 6.45) is 2.10. The number of rotatable bonds is 5. The fourth-order valence-electron chi connectivity index (χ4n) is 3.57. The Hall–Kier alpha value is -1.89. The van der Waals surface area contributed by atoms with E-state index in [0.29, 0.717) is 6.04 Å². The standard InChI is InChI=1S/C22H25N3OS2/c1-24(2)18-11-13-25(14-12-18)21(26)17-9-7-16(8-10-17)15-27-22-23-19-5-3-4-6-20(19)28-22/h3-10,18H,11-15H2,1-2H3. The van der Waals surface area contributed by atoms with Crippen molar-refractivity contribution < 1.29 is 4.79 Å². The van der Waals surface area contributed by atoms with Crippen LogP contribution in [0.4, 0.5) is 0 Å². The number of amides is 1. The normalized spacial score (nSPS) is 15.5. The van der Waals surface area contributed by atoms with E-state index in [9.17, 15) is 4.79 Å². The van der Waals surface area contributed by atoms with Gasteiger partial charge in [-0.05, 0) is 56.8 Å². The van der Waals surface area contributed by atoms with E-state index < -0.39 is 0 Å². The van der Waals surface area contributed by atoms with Gasteiger partial charge in [-0.25, -0.2) is 4.98 Å². The summed E-state index contributed by atoms with van der Waals surface area (Å²) in [4.78, 5) is 21.7. The molecular formula is C22H25N3OS2. The van der Waals surface area contributed by atoms with Gasteiger partial charge in [0.1, 0.15) is 0 Å². The van der Waals surface area contributed by atoms with Crippen LogP contribution in [0.2, 0.25) is 0 Å². The molecule has 1 saturated heterocycles. The number of thiazole rings is 1. The summed E-state index contributed by atoms with van der Waals surface area (Å²) in [5.74, 6) is 1.02. The van der Waals surface area contributed by atoms with Gasteiger partial charge in [0.05, 0.1) is 10.2 Å². The van der Waals surface area contributed by atoms with Gasteiger partial charge >= 0.3 is 0 Å². The van der Waals surface area contributed by atoms with Crippen LogP contribution < -0.4 is 0 Å². The second-order valence-corrected chi connectivity index (χ2v) is 9.67. The maximum Gasteiger partial charge on any atom is 0.253 e. The molecule has 4 nitrogen and oxygen atoms in total. The van der Waals surface area contributed by atoms with Crippen LogP contribution in [0.5, 0.6) is 0 Å². The van der Waals surface area contributed by atoms with Crippen LogP contribution in [-0.2, 0) is 5.75 Å². The number of piperidine rings is 1. The Morgan fingerprint density at radius 1 is 1.14 bits per heavy atom. The van der Waals surface area contributed by atoms with Gasteiger partial charge < -0.3 is 9.80 Å². The van der Waals surface area contributed by atoms with Crippen molar-refractivity contribution in [3.63, 3.8) is 0 Å². The first-order valence-corrected chi connectivity index (χ1v) is 11.4. The van der Waals surface area contributed by atoms with E-state index in [1.807, 2.05) is 29.2 Å². The number of thioether (sulfide) groups is 1. The molecule has 1 aliphatic heterocycles. The second-order valence-electron chi connectivity index (χ2n) is 7.42. The Kier molecular flexibility index (Phi) is 5.99. The number of carbonyl (C=O) groups excluding carboxylic acids is 1. The zero-order valence-electron chi connectivity index (χ0n) is 16.3. The van der Waals surface area contributed by atoms with E-state index in [4.69, 9.17) is 0 Å². The van der Waals surface area contributed by atoms with Crippen LogP contribution in [0, 0.1) is 0 Å². The van der Waals surface area contributed by atoms with Crippen molar-refractivity contribution in [1.82, 2.24) is 14.8 Å². The molecule has 3 aromatic rings. The van der Waals surface area contributed by atoms with E-state index in [1.165, 1.54) is 10.3 Å². The lowest BCUT2D eigenvalue weighted by Crippen LogP contribution is -2.44. The van der Waals surface area contributed by atoms with Crippen molar-refractivity contribution in [1.29, 1.82) is 0 Å². The number of likely N-dealkylation sites (tertiary alicyclic amines) is 1. The minimum Gasteiger partial charge on any atom is -0.339 e. The Morgan fingerprint density at radius 2 is 1.86 bits per heavy atom. The number of para-hydroxylation sites is 1. The third-order valence-corrected chi connectivity index (χ3v) is 7.57. The van der Waals surface area contributed by atoms with Crippen LogP contribution in [0.15, 0.2) is 52.9 Å². The molecule has 0 atom stereocenters. The Bertz CT molecular complexity index is 911. The molecule has 1 aliphatic rings. The average molecular weight is 412 g/mol. The number of hydrogen-bond acceptors (Lipinski definition) is 5. The summed E-state index contributed by atoms with van der Waals surface area (Å²) in [5.41, 5.74) is 3.07. The molecule has 146 valence electrons. The van der Waals surface area contributed by atoms with Crippen molar-refractivity contribution in [2.75, 3.05) is 27.2 Å². The topological polar surface area (TPSA) is 36.4 Å². The summed E-state index contributed by atoms with van der Waals surface area (Å²) in [5, 5.41) is 0. The molecule has 0 spiro atoms. The maximum absolute atomic E-state index is 12.8. The minimum atomic E-state index is 0.155. The summed E-state index contributed by atoms with van der Waals surface area (Å²) in [6.45, 7) is 1.69. The minimum absolute atomic E-state index is 0.155. The van der Waals surface area contributed by atoms with Gasteiger partial charge in [0.2, 0.25) is 0 Å². The number of aromatic nitrogens is 1. The van der Waals surface area contributed by atoms with E-state index in [1.54, 1.807) is 23.1 Å². The van der Waals surface area contributed by atoms with E-state index in [0.717, 1.165) is 47.1 Å². The predicted octanol–water partition coefficient (Wildman–Crippen LogP) is 4.75. The first-order chi connectivity index (χ1) is 13.6.